The molecule has 160 valence electrons. The van der Waals surface area contributed by atoms with Crippen LogP contribution in [0.5, 0.6) is 11.5 Å². The number of ether oxygens (including phenoxy) is 2. The third-order valence-electron chi connectivity index (χ3n) is 5.80. The van der Waals surface area contributed by atoms with Gasteiger partial charge in [0.15, 0.2) is 0 Å². The molecule has 8 heteroatoms. The highest BCUT2D eigenvalue weighted by molar-refractivity contribution is 5.82. The molecule has 2 N–H and O–H groups in total. The lowest BCUT2D eigenvalue weighted by molar-refractivity contribution is -0.133. The van der Waals surface area contributed by atoms with E-state index in [1.54, 1.807) is 26.4 Å². The van der Waals surface area contributed by atoms with Crippen molar-refractivity contribution in [2.75, 3.05) is 45.3 Å². The highest BCUT2D eigenvalue weighted by Gasteiger charge is 2.35. The maximum atomic E-state index is 13.1. The van der Waals surface area contributed by atoms with Gasteiger partial charge in [-0.1, -0.05) is 6.07 Å². The van der Waals surface area contributed by atoms with Gasteiger partial charge in [-0.15, -0.1) is 0 Å². The molecule has 0 radical (unpaired) electrons. The second kappa shape index (κ2) is 8.89. The van der Waals surface area contributed by atoms with E-state index in [4.69, 9.17) is 9.47 Å². The van der Waals surface area contributed by atoms with Gasteiger partial charge >= 0.3 is 0 Å². The number of hydrogen-bond acceptors (Lipinski definition) is 6. The number of hydrogen-bond donors (Lipinski definition) is 2. The Kier molecular flexibility index (Phi) is 6.06. The van der Waals surface area contributed by atoms with Crippen molar-refractivity contribution in [1.29, 1.82) is 0 Å². The Morgan fingerprint density at radius 1 is 1.00 bits per heavy atom. The predicted octanol–water partition coefficient (Wildman–Crippen LogP) is 2.10. The fourth-order valence-corrected chi connectivity index (χ4v) is 4.09. The summed E-state index contributed by atoms with van der Waals surface area (Å²) in [4.78, 5) is 17.1. The van der Waals surface area contributed by atoms with Crippen molar-refractivity contribution in [3.63, 3.8) is 0 Å². The molecule has 2 heterocycles. The lowest BCUT2D eigenvalue weighted by Crippen LogP contribution is -2.53. The minimum absolute atomic E-state index is 0.0275. The van der Waals surface area contributed by atoms with E-state index >= 15 is 0 Å². The number of amides is 1. The molecule has 2 aromatic rings. The quantitative estimate of drug-likeness (QED) is 0.781. The predicted molar refractivity (Wildman–Crippen MR) is 112 cm³/mol. The molecule has 0 spiro atoms. The van der Waals surface area contributed by atoms with Crippen LogP contribution in [0.15, 0.2) is 42.5 Å². The molecule has 2 fully saturated rings. The standard InChI is InChI=1S/C22H27FN4O3/c1-29-17-7-8-18(21(13-17)30-2)19-14-20(25-24-19)22(28)27-11-9-26(10-12-27)16-5-3-15(23)4-6-16/h3-8,13,19-20,24-25H,9-12,14H2,1-2H3. The molecule has 2 atom stereocenters. The second-order valence-corrected chi connectivity index (χ2v) is 7.53. The molecule has 0 bridgehead atoms. The van der Waals surface area contributed by atoms with Crippen molar-refractivity contribution < 1.29 is 18.7 Å². The molecule has 0 aromatic heterocycles. The maximum Gasteiger partial charge on any atom is 0.241 e. The van der Waals surface area contributed by atoms with Crippen LogP contribution in [-0.2, 0) is 4.79 Å². The van der Waals surface area contributed by atoms with Crippen LogP contribution in [0.4, 0.5) is 10.1 Å². The SMILES string of the molecule is COc1ccc(C2CC(C(=O)N3CCN(c4ccc(F)cc4)CC3)NN2)c(OC)c1. The minimum atomic E-state index is -0.292. The zero-order valence-corrected chi connectivity index (χ0v) is 17.2. The first-order chi connectivity index (χ1) is 14.6. The number of carbonyl (C=O) groups is 1. The largest absolute Gasteiger partial charge is 0.497 e. The van der Waals surface area contributed by atoms with Crippen LogP contribution in [0.25, 0.3) is 0 Å². The molecule has 2 saturated heterocycles. The summed E-state index contributed by atoms with van der Waals surface area (Å²) in [6, 6.07) is 11.9. The topological polar surface area (TPSA) is 66.1 Å². The van der Waals surface area contributed by atoms with E-state index < -0.39 is 0 Å². The number of rotatable bonds is 5. The molecule has 1 amide bonds. The highest BCUT2D eigenvalue weighted by atomic mass is 19.1. The Balaban J connectivity index is 1.35. The van der Waals surface area contributed by atoms with Crippen molar-refractivity contribution in [3.8, 4) is 11.5 Å². The van der Waals surface area contributed by atoms with Gasteiger partial charge in [0, 0.05) is 43.5 Å². The summed E-state index contributed by atoms with van der Waals surface area (Å²) in [5.74, 6) is 1.31. The molecule has 2 aromatic carbocycles. The Morgan fingerprint density at radius 2 is 1.73 bits per heavy atom. The van der Waals surface area contributed by atoms with E-state index in [-0.39, 0.29) is 23.8 Å². The van der Waals surface area contributed by atoms with Gasteiger partial charge in [0.2, 0.25) is 5.91 Å². The van der Waals surface area contributed by atoms with Crippen LogP contribution in [0, 0.1) is 5.82 Å². The van der Waals surface area contributed by atoms with Crippen LogP contribution in [0.2, 0.25) is 0 Å². The number of piperazine rings is 1. The van der Waals surface area contributed by atoms with E-state index in [1.807, 2.05) is 23.1 Å². The van der Waals surface area contributed by atoms with Gasteiger partial charge in [-0.25, -0.2) is 15.2 Å². The third kappa shape index (κ3) is 4.20. The molecule has 2 aliphatic rings. The molecule has 7 nitrogen and oxygen atoms in total. The van der Waals surface area contributed by atoms with Gasteiger partial charge in [-0.05, 0) is 36.8 Å². The van der Waals surface area contributed by atoms with Crippen LogP contribution in [0.3, 0.4) is 0 Å². The average molecular weight is 414 g/mol. The fourth-order valence-electron chi connectivity index (χ4n) is 4.09. The van der Waals surface area contributed by atoms with Crippen molar-refractivity contribution in [2.24, 2.45) is 0 Å². The summed E-state index contributed by atoms with van der Waals surface area (Å²) in [6.45, 7) is 2.75. The molecule has 4 rings (SSSR count). The number of nitrogens with one attached hydrogen (secondary N) is 2. The zero-order valence-electron chi connectivity index (χ0n) is 17.2. The van der Waals surface area contributed by atoms with Gasteiger partial charge in [0.05, 0.1) is 20.3 Å². The van der Waals surface area contributed by atoms with Gasteiger partial charge in [0.1, 0.15) is 23.4 Å². The third-order valence-corrected chi connectivity index (χ3v) is 5.80. The van der Waals surface area contributed by atoms with Gasteiger partial charge in [-0.2, -0.15) is 0 Å². The smallest absolute Gasteiger partial charge is 0.241 e. The summed E-state index contributed by atoms with van der Waals surface area (Å²) in [5, 5.41) is 0. The highest BCUT2D eigenvalue weighted by Crippen LogP contribution is 2.33. The number of halogens is 1. The van der Waals surface area contributed by atoms with Crippen molar-refractivity contribution in [2.45, 2.75) is 18.5 Å². The molecular formula is C22H27FN4O3. The molecule has 2 aliphatic heterocycles. The molecule has 2 unspecified atom stereocenters. The number of carbonyl (C=O) groups excluding carboxylic acids is 1. The van der Waals surface area contributed by atoms with Crippen LogP contribution < -0.4 is 25.2 Å². The van der Waals surface area contributed by atoms with Crippen molar-refractivity contribution in [3.05, 3.63) is 53.8 Å². The van der Waals surface area contributed by atoms with E-state index in [9.17, 15) is 9.18 Å². The van der Waals surface area contributed by atoms with Crippen LogP contribution in [-0.4, -0.2) is 57.2 Å². The number of anilines is 1. The fraction of sp³-hybridized carbons (Fsp3) is 0.409. The summed E-state index contributed by atoms with van der Waals surface area (Å²) in [5.41, 5.74) is 8.35. The number of benzene rings is 2. The number of hydrazine groups is 1. The minimum Gasteiger partial charge on any atom is -0.497 e. The lowest BCUT2D eigenvalue weighted by atomic mass is 10.00. The van der Waals surface area contributed by atoms with E-state index in [0.29, 0.717) is 19.5 Å². The van der Waals surface area contributed by atoms with Crippen molar-refractivity contribution in [1.82, 2.24) is 15.8 Å². The normalized spacial score (nSPS) is 21.6. The number of nitrogens with zero attached hydrogens (tertiary/aromatic N) is 2. The first-order valence-corrected chi connectivity index (χ1v) is 10.1. The lowest BCUT2D eigenvalue weighted by Gasteiger charge is -2.37. The summed E-state index contributed by atoms with van der Waals surface area (Å²) in [7, 11) is 3.25. The molecular weight excluding hydrogens is 387 g/mol. The van der Waals surface area contributed by atoms with Gasteiger partial charge < -0.3 is 19.3 Å². The van der Waals surface area contributed by atoms with Crippen LogP contribution in [0.1, 0.15) is 18.0 Å². The van der Waals surface area contributed by atoms with E-state index in [2.05, 4.69) is 15.8 Å². The van der Waals surface area contributed by atoms with Gasteiger partial charge in [0.25, 0.3) is 0 Å². The first-order valence-electron chi connectivity index (χ1n) is 10.1. The Bertz CT molecular complexity index is 884. The second-order valence-electron chi connectivity index (χ2n) is 7.53. The van der Waals surface area contributed by atoms with E-state index in [1.165, 1.54) is 12.1 Å². The summed E-state index contributed by atoms with van der Waals surface area (Å²) >= 11 is 0. The average Bonchev–Trinajstić information content (AvgIpc) is 3.29. The molecule has 30 heavy (non-hydrogen) atoms. The Hall–Kier alpha value is -2.84. The molecule has 0 saturated carbocycles. The van der Waals surface area contributed by atoms with Crippen molar-refractivity contribution >= 4 is 11.6 Å². The Labute approximate surface area is 175 Å². The monoisotopic (exact) mass is 414 g/mol. The Morgan fingerprint density at radius 3 is 2.40 bits per heavy atom. The summed E-state index contributed by atoms with van der Waals surface area (Å²) < 4.78 is 23.9. The maximum absolute atomic E-state index is 13.1. The summed E-state index contributed by atoms with van der Waals surface area (Å²) in [6.07, 6.45) is 0.639. The van der Waals surface area contributed by atoms with Gasteiger partial charge in [-0.3, -0.25) is 4.79 Å². The zero-order chi connectivity index (χ0) is 21.1. The molecule has 0 aliphatic carbocycles. The van der Waals surface area contributed by atoms with Crippen LogP contribution >= 0.6 is 0 Å². The number of methoxy groups -OCH3 is 2. The first kappa shape index (κ1) is 20.4. The van der Waals surface area contributed by atoms with E-state index in [0.717, 1.165) is 35.8 Å².